The number of carbonyl (C=O) groups excluding carboxylic acids is 3. The molecule has 0 unspecified atom stereocenters. The van der Waals surface area contributed by atoms with Crippen molar-refractivity contribution in [2.24, 2.45) is 0 Å². The normalized spacial score (nSPS) is 12.1. The van der Waals surface area contributed by atoms with Gasteiger partial charge in [-0.05, 0) is 69.0 Å². The Balaban J connectivity index is 1.74. The number of nitrogens with one attached hydrogen (secondary N) is 2. The van der Waals surface area contributed by atoms with Crippen molar-refractivity contribution < 1.29 is 23.9 Å². The molecule has 1 heterocycles. The molecule has 0 radical (unpaired) electrons. The molecule has 7 nitrogen and oxygen atoms in total. The fraction of sp³-hybridized carbons (Fsp3) is 0.345. The first-order chi connectivity index (χ1) is 18.5. The fourth-order valence-corrected chi connectivity index (χ4v) is 5.49. The van der Waals surface area contributed by atoms with Crippen LogP contribution < -0.4 is 10.6 Å². The predicted molar refractivity (Wildman–Crippen MR) is 155 cm³/mol. The summed E-state index contributed by atoms with van der Waals surface area (Å²) in [5, 5.41) is 6.59. The first-order valence-corrected chi connectivity index (χ1v) is 14.0. The van der Waals surface area contributed by atoms with Crippen LogP contribution in [0.4, 0.5) is 4.79 Å². The fourth-order valence-electron chi connectivity index (χ4n) is 3.95. The van der Waals surface area contributed by atoms with E-state index in [4.69, 9.17) is 32.7 Å². The van der Waals surface area contributed by atoms with Gasteiger partial charge in [-0.25, -0.2) is 9.59 Å². The van der Waals surface area contributed by atoms with Gasteiger partial charge in [-0.3, -0.25) is 4.79 Å². The number of halogens is 2. The van der Waals surface area contributed by atoms with Crippen molar-refractivity contribution in [2.75, 3.05) is 13.7 Å². The van der Waals surface area contributed by atoms with Gasteiger partial charge in [-0.15, -0.1) is 11.3 Å². The highest BCUT2D eigenvalue weighted by Crippen LogP contribution is 2.41. The Morgan fingerprint density at radius 2 is 1.51 bits per heavy atom. The van der Waals surface area contributed by atoms with E-state index in [1.165, 1.54) is 18.4 Å². The van der Waals surface area contributed by atoms with Crippen molar-refractivity contribution in [3.05, 3.63) is 91.6 Å². The second-order valence-electron chi connectivity index (χ2n) is 9.80. The summed E-state index contributed by atoms with van der Waals surface area (Å²) in [4.78, 5) is 38.7. The van der Waals surface area contributed by atoms with Crippen LogP contribution in [0.25, 0.3) is 0 Å². The molecule has 0 fully saturated rings. The first kappa shape index (κ1) is 30.5. The third-order valence-corrected chi connectivity index (χ3v) is 7.53. The molecule has 0 aliphatic heterocycles. The van der Waals surface area contributed by atoms with Crippen molar-refractivity contribution in [3.8, 4) is 0 Å². The minimum Gasteiger partial charge on any atom is -0.467 e. The summed E-state index contributed by atoms with van der Waals surface area (Å²) in [7, 11) is 1.27. The van der Waals surface area contributed by atoms with E-state index in [0.29, 0.717) is 21.3 Å². The second kappa shape index (κ2) is 13.8. The number of benzene rings is 2. The van der Waals surface area contributed by atoms with E-state index in [1.54, 1.807) is 26.8 Å². The smallest absolute Gasteiger partial charge is 0.407 e. The number of methoxy groups -OCH3 is 1. The lowest BCUT2D eigenvalue weighted by molar-refractivity contribution is -0.143. The third-order valence-electron chi connectivity index (χ3n) is 5.70. The zero-order valence-electron chi connectivity index (χ0n) is 22.3. The number of rotatable bonds is 10. The SMILES string of the molecule is COC(=O)[C@H](CCCNC(=O)OC(C)(C)C)NC(=O)c1ccc(C(c2ccccc2Cl)c2ccccc2Cl)s1. The van der Waals surface area contributed by atoms with Crippen LogP contribution in [0.5, 0.6) is 0 Å². The average molecular weight is 592 g/mol. The molecule has 0 spiro atoms. The molecule has 0 aliphatic carbocycles. The molecule has 0 aliphatic rings. The predicted octanol–water partition coefficient (Wildman–Crippen LogP) is 6.81. The summed E-state index contributed by atoms with van der Waals surface area (Å²) in [6.07, 6.45) is 0.156. The minimum absolute atomic E-state index is 0.272. The number of hydrogen-bond acceptors (Lipinski definition) is 6. The van der Waals surface area contributed by atoms with Gasteiger partial charge in [0.25, 0.3) is 5.91 Å². The Morgan fingerprint density at radius 1 is 0.923 bits per heavy atom. The molecule has 10 heteroatoms. The number of carbonyl (C=O) groups is 3. The number of thiophene rings is 1. The van der Waals surface area contributed by atoms with Crippen LogP contribution in [-0.2, 0) is 14.3 Å². The monoisotopic (exact) mass is 590 g/mol. The molecule has 3 rings (SSSR count). The van der Waals surface area contributed by atoms with Crippen molar-refractivity contribution in [2.45, 2.75) is 51.2 Å². The maximum Gasteiger partial charge on any atom is 0.407 e. The zero-order valence-corrected chi connectivity index (χ0v) is 24.6. The third kappa shape index (κ3) is 8.71. The highest BCUT2D eigenvalue weighted by atomic mass is 35.5. The van der Waals surface area contributed by atoms with Crippen LogP contribution in [0.3, 0.4) is 0 Å². The molecule has 2 amide bonds. The Kier molecular flexibility index (Phi) is 10.8. The number of hydrogen-bond donors (Lipinski definition) is 2. The van der Waals surface area contributed by atoms with Gasteiger partial charge in [0.2, 0.25) is 0 Å². The maximum absolute atomic E-state index is 13.2. The van der Waals surface area contributed by atoms with E-state index in [0.717, 1.165) is 16.0 Å². The Labute approximate surface area is 242 Å². The van der Waals surface area contributed by atoms with Gasteiger partial charge in [0.05, 0.1) is 12.0 Å². The molecule has 3 aromatic rings. The van der Waals surface area contributed by atoms with Crippen LogP contribution in [0.2, 0.25) is 10.0 Å². The minimum atomic E-state index is -0.878. The standard InChI is InChI=1S/C29H32Cl2N2O5S/c1-29(2,3)38-28(36)32-17-9-14-22(27(35)37-4)33-26(34)24-16-15-23(39-24)25(18-10-5-7-12-20(18)30)19-11-6-8-13-21(19)31/h5-8,10-13,15-16,22,25H,9,14,17H2,1-4H3,(H,32,36)(H,33,34)/t22-/m0/s1. The van der Waals surface area contributed by atoms with Crippen LogP contribution in [0.15, 0.2) is 60.7 Å². The lowest BCUT2D eigenvalue weighted by Gasteiger charge is -2.20. The molecule has 2 N–H and O–H groups in total. The molecule has 1 atom stereocenters. The first-order valence-electron chi connectivity index (χ1n) is 12.4. The van der Waals surface area contributed by atoms with Gasteiger partial charge in [0, 0.05) is 27.4 Å². The molecule has 208 valence electrons. The topological polar surface area (TPSA) is 93.7 Å². The van der Waals surface area contributed by atoms with E-state index < -0.39 is 29.6 Å². The van der Waals surface area contributed by atoms with E-state index in [-0.39, 0.29) is 18.9 Å². The maximum atomic E-state index is 13.2. The van der Waals surface area contributed by atoms with Gasteiger partial charge in [-0.1, -0.05) is 59.6 Å². The molecule has 2 aromatic carbocycles. The average Bonchev–Trinajstić information content (AvgIpc) is 3.36. The van der Waals surface area contributed by atoms with E-state index in [2.05, 4.69) is 10.6 Å². The summed E-state index contributed by atoms with van der Waals surface area (Å²) < 4.78 is 10.1. The van der Waals surface area contributed by atoms with Crippen LogP contribution >= 0.6 is 34.5 Å². The highest BCUT2D eigenvalue weighted by Gasteiger charge is 2.26. The van der Waals surface area contributed by atoms with Crippen LogP contribution in [0.1, 0.15) is 65.2 Å². The summed E-state index contributed by atoms with van der Waals surface area (Å²) in [6.45, 7) is 5.60. The van der Waals surface area contributed by atoms with Gasteiger partial charge in [0.1, 0.15) is 11.6 Å². The number of esters is 1. The summed E-state index contributed by atoms with van der Waals surface area (Å²) in [6, 6.07) is 17.8. The lowest BCUT2D eigenvalue weighted by Crippen LogP contribution is -2.42. The number of alkyl carbamates (subject to hydrolysis) is 1. The van der Waals surface area contributed by atoms with Crippen LogP contribution in [0, 0.1) is 0 Å². The molecule has 0 bridgehead atoms. The number of ether oxygens (including phenoxy) is 2. The van der Waals surface area contributed by atoms with Gasteiger partial charge in [-0.2, -0.15) is 0 Å². The highest BCUT2D eigenvalue weighted by molar-refractivity contribution is 7.14. The van der Waals surface area contributed by atoms with Gasteiger partial charge < -0.3 is 20.1 Å². The molecule has 0 saturated heterocycles. The quantitative estimate of drug-likeness (QED) is 0.200. The van der Waals surface area contributed by atoms with Crippen molar-refractivity contribution in [1.82, 2.24) is 10.6 Å². The van der Waals surface area contributed by atoms with Crippen molar-refractivity contribution in [3.63, 3.8) is 0 Å². The van der Waals surface area contributed by atoms with E-state index in [1.807, 2.05) is 54.6 Å². The molecular weight excluding hydrogens is 559 g/mol. The molecule has 0 saturated carbocycles. The zero-order chi connectivity index (χ0) is 28.6. The van der Waals surface area contributed by atoms with Gasteiger partial charge in [0.15, 0.2) is 0 Å². The Bertz CT molecular complexity index is 1260. The van der Waals surface area contributed by atoms with E-state index >= 15 is 0 Å². The van der Waals surface area contributed by atoms with Gasteiger partial charge >= 0.3 is 12.1 Å². The second-order valence-corrected chi connectivity index (χ2v) is 11.7. The van der Waals surface area contributed by atoms with Crippen LogP contribution in [-0.4, -0.2) is 43.3 Å². The summed E-state index contributed by atoms with van der Waals surface area (Å²) in [5.74, 6) is -1.25. The lowest BCUT2D eigenvalue weighted by atomic mass is 9.90. The molecule has 1 aromatic heterocycles. The van der Waals surface area contributed by atoms with E-state index in [9.17, 15) is 14.4 Å². The Morgan fingerprint density at radius 3 is 2.05 bits per heavy atom. The summed E-state index contributed by atoms with van der Waals surface area (Å²) >= 11 is 14.4. The largest absolute Gasteiger partial charge is 0.467 e. The Hall–Kier alpha value is -3.07. The van der Waals surface area contributed by atoms with Crippen molar-refractivity contribution >= 4 is 52.5 Å². The number of amides is 2. The van der Waals surface area contributed by atoms with Crippen molar-refractivity contribution in [1.29, 1.82) is 0 Å². The summed E-state index contributed by atoms with van der Waals surface area (Å²) in [5.41, 5.74) is 1.13. The molecule has 39 heavy (non-hydrogen) atoms. The molecular formula is C29H32Cl2N2O5S.